The molecule has 1 aliphatic carbocycles. The minimum atomic E-state index is -0.226. The summed E-state index contributed by atoms with van der Waals surface area (Å²) in [4.78, 5) is 6.38. The highest BCUT2D eigenvalue weighted by atomic mass is 127. The molecule has 0 saturated heterocycles. The number of halogens is 3. The van der Waals surface area contributed by atoms with Crippen LogP contribution in [0.4, 0.5) is 4.39 Å². The SMILES string of the molecule is C=CCCCN(C)C(=NC)NC1CC1c1c(F)cccc1Cl.I. The highest BCUT2D eigenvalue weighted by Crippen LogP contribution is 2.44. The van der Waals surface area contributed by atoms with Gasteiger partial charge in [-0.2, -0.15) is 0 Å². The quantitative estimate of drug-likeness (QED) is 0.228. The highest BCUT2D eigenvalue weighted by Gasteiger charge is 2.42. The maximum atomic E-state index is 13.9. The van der Waals surface area contributed by atoms with Crippen LogP contribution >= 0.6 is 35.6 Å². The number of unbranched alkanes of at least 4 members (excludes halogenated alkanes) is 1. The van der Waals surface area contributed by atoms with Crippen LogP contribution in [0.5, 0.6) is 0 Å². The lowest BCUT2D eigenvalue weighted by Gasteiger charge is -2.22. The second kappa shape index (κ2) is 9.47. The lowest BCUT2D eigenvalue weighted by atomic mass is 10.1. The number of rotatable bonds is 6. The lowest BCUT2D eigenvalue weighted by Crippen LogP contribution is -2.40. The molecule has 2 atom stereocenters. The van der Waals surface area contributed by atoms with Gasteiger partial charge >= 0.3 is 0 Å². The normalized spacial score (nSPS) is 19.7. The van der Waals surface area contributed by atoms with Crippen molar-refractivity contribution in [1.82, 2.24) is 10.2 Å². The van der Waals surface area contributed by atoms with Gasteiger partial charge in [0.1, 0.15) is 5.82 Å². The van der Waals surface area contributed by atoms with E-state index in [0.717, 1.165) is 31.8 Å². The Morgan fingerprint density at radius 1 is 1.57 bits per heavy atom. The summed E-state index contributed by atoms with van der Waals surface area (Å²) in [5, 5.41) is 3.90. The van der Waals surface area contributed by atoms with E-state index in [1.807, 2.05) is 13.1 Å². The van der Waals surface area contributed by atoms with E-state index in [0.29, 0.717) is 10.6 Å². The van der Waals surface area contributed by atoms with Crippen LogP contribution in [0.25, 0.3) is 0 Å². The maximum absolute atomic E-state index is 13.9. The first kappa shape index (κ1) is 20.2. The summed E-state index contributed by atoms with van der Waals surface area (Å²) in [5.41, 5.74) is 0.617. The minimum absolute atomic E-state index is 0. The second-order valence-corrected chi connectivity index (χ2v) is 6.04. The molecule has 128 valence electrons. The van der Waals surface area contributed by atoms with E-state index < -0.39 is 0 Å². The third-order valence-electron chi connectivity index (χ3n) is 3.95. The Morgan fingerprint density at radius 2 is 2.30 bits per heavy atom. The third-order valence-corrected chi connectivity index (χ3v) is 4.28. The molecule has 23 heavy (non-hydrogen) atoms. The molecule has 0 spiro atoms. The van der Waals surface area contributed by atoms with Crippen LogP contribution in [0.1, 0.15) is 30.7 Å². The fourth-order valence-electron chi connectivity index (χ4n) is 2.63. The van der Waals surface area contributed by atoms with Crippen molar-refractivity contribution in [3.8, 4) is 0 Å². The molecule has 1 N–H and O–H groups in total. The van der Waals surface area contributed by atoms with Gasteiger partial charge in [-0.25, -0.2) is 4.39 Å². The molecule has 6 heteroatoms. The van der Waals surface area contributed by atoms with E-state index in [4.69, 9.17) is 11.6 Å². The Bertz CT molecular complexity index is 545. The van der Waals surface area contributed by atoms with Crippen molar-refractivity contribution in [2.75, 3.05) is 20.6 Å². The van der Waals surface area contributed by atoms with Gasteiger partial charge in [-0.3, -0.25) is 4.99 Å². The first-order chi connectivity index (χ1) is 10.6. The molecule has 1 aliphatic rings. The Hall–Kier alpha value is -0.820. The number of nitrogens with one attached hydrogen (secondary N) is 1. The fraction of sp³-hybridized carbons (Fsp3) is 0.471. The van der Waals surface area contributed by atoms with Crippen LogP contribution < -0.4 is 5.32 Å². The molecule has 1 fully saturated rings. The van der Waals surface area contributed by atoms with Crippen LogP contribution in [0.2, 0.25) is 5.02 Å². The first-order valence-corrected chi connectivity index (χ1v) is 7.95. The van der Waals surface area contributed by atoms with Gasteiger partial charge < -0.3 is 10.2 Å². The largest absolute Gasteiger partial charge is 0.353 e. The zero-order valence-electron chi connectivity index (χ0n) is 13.6. The highest BCUT2D eigenvalue weighted by molar-refractivity contribution is 14.0. The van der Waals surface area contributed by atoms with E-state index in [2.05, 4.69) is 21.8 Å². The van der Waals surface area contributed by atoms with Gasteiger partial charge in [0.15, 0.2) is 5.96 Å². The van der Waals surface area contributed by atoms with Crippen molar-refractivity contribution in [2.45, 2.75) is 31.2 Å². The van der Waals surface area contributed by atoms with Gasteiger partial charge in [-0.15, -0.1) is 30.6 Å². The molecular weight excluding hydrogens is 428 g/mol. The smallest absolute Gasteiger partial charge is 0.193 e. The molecule has 0 heterocycles. The minimum Gasteiger partial charge on any atom is -0.353 e. The number of hydrogen-bond acceptors (Lipinski definition) is 1. The van der Waals surface area contributed by atoms with Gasteiger partial charge in [0.25, 0.3) is 0 Å². The summed E-state index contributed by atoms with van der Waals surface area (Å²) in [6.07, 6.45) is 4.81. The molecular formula is C17H24ClFIN3. The summed E-state index contributed by atoms with van der Waals surface area (Å²) in [6.45, 7) is 4.63. The summed E-state index contributed by atoms with van der Waals surface area (Å²) >= 11 is 6.13. The Labute approximate surface area is 160 Å². The van der Waals surface area contributed by atoms with E-state index in [1.54, 1.807) is 19.2 Å². The second-order valence-electron chi connectivity index (χ2n) is 5.63. The number of hydrogen-bond donors (Lipinski definition) is 1. The molecule has 0 amide bonds. The molecule has 1 aromatic carbocycles. The van der Waals surface area contributed by atoms with Crippen molar-refractivity contribution >= 4 is 41.5 Å². The Balaban J connectivity index is 0.00000264. The van der Waals surface area contributed by atoms with E-state index in [9.17, 15) is 4.39 Å². The third kappa shape index (κ3) is 5.35. The molecule has 0 radical (unpaired) electrons. The summed E-state index contributed by atoms with van der Waals surface area (Å²) in [7, 11) is 3.77. The number of nitrogens with zero attached hydrogens (tertiary/aromatic N) is 2. The van der Waals surface area contributed by atoms with Crippen LogP contribution in [0.15, 0.2) is 35.8 Å². The van der Waals surface area contributed by atoms with Gasteiger partial charge in [0.05, 0.1) is 0 Å². The molecule has 0 aromatic heterocycles. The van der Waals surface area contributed by atoms with Crippen LogP contribution in [0, 0.1) is 5.82 Å². The monoisotopic (exact) mass is 451 g/mol. The fourth-order valence-corrected chi connectivity index (χ4v) is 2.93. The average molecular weight is 452 g/mol. The van der Waals surface area contributed by atoms with E-state index in [1.165, 1.54) is 6.07 Å². The number of benzene rings is 1. The Kier molecular flexibility index (Phi) is 8.33. The predicted molar refractivity (Wildman–Crippen MR) is 107 cm³/mol. The molecule has 0 bridgehead atoms. The van der Waals surface area contributed by atoms with Crippen molar-refractivity contribution in [3.05, 3.63) is 47.3 Å². The van der Waals surface area contributed by atoms with Crippen molar-refractivity contribution in [2.24, 2.45) is 4.99 Å². The predicted octanol–water partition coefficient (Wildman–Crippen LogP) is 4.43. The van der Waals surface area contributed by atoms with Crippen molar-refractivity contribution < 1.29 is 4.39 Å². The molecule has 2 unspecified atom stereocenters. The lowest BCUT2D eigenvalue weighted by molar-refractivity contribution is 0.468. The standard InChI is InChI=1S/C17H23ClFN3.HI/c1-4-5-6-10-22(3)17(20-2)21-15-11-12(15)16-13(18)8-7-9-14(16)19;/h4,7-9,12,15H,1,5-6,10-11H2,2-3H3,(H,20,21);1H. The summed E-state index contributed by atoms with van der Waals surface area (Å²) in [6, 6.07) is 5.03. The summed E-state index contributed by atoms with van der Waals surface area (Å²) in [5.74, 6) is 0.729. The molecule has 1 saturated carbocycles. The average Bonchev–Trinajstić information content (AvgIpc) is 3.23. The summed E-state index contributed by atoms with van der Waals surface area (Å²) < 4.78 is 13.9. The number of aliphatic imine (C=N–C) groups is 1. The Morgan fingerprint density at radius 3 is 2.91 bits per heavy atom. The van der Waals surface area contributed by atoms with Crippen LogP contribution in [-0.4, -0.2) is 37.5 Å². The van der Waals surface area contributed by atoms with Gasteiger partial charge in [-0.05, 0) is 31.4 Å². The van der Waals surface area contributed by atoms with Crippen molar-refractivity contribution in [3.63, 3.8) is 0 Å². The van der Waals surface area contributed by atoms with Crippen molar-refractivity contribution in [1.29, 1.82) is 0 Å². The zero-order chi connectivity index (χ0) is 16.1. The van der Waals surface area contributed by atoms with Crippen LogP contribution in [-0.2, 0) is 0 Å². The van der Waals surface area contributed by atoms with Gasteiger partial charge in [0.2, 0.25) is 0 Å². The molecule has 0 aliphatic heterocycles. The van der Waals surface area contributed by atoms with E-state index in [-0.39, 0.29) is 41.8 Å². The molecule has 3 nitrogen and oxygen atoms in total. The zero-order valence-corrected chi connectivity index (χ0v) is 16.6. The number of guanidine groups is 1. The number of allylic oxidation sites excluding steroid dienone is 1. The molecule has 2 rings (SSSR count). The molecule has 1 aromatic rings. The van der Waals surface area contributed by atoms with Gasteiger partial charge in [-0.1, -0.05) is 23.7 Å². The first-order valence-electron chi connectivity index (χ1n) is 7.57. The topological polar surface area (TPSA) is 27.6 Å². The van der Waals surface area contributed by atoms with Gasteiger partial charge in [0, 0.05) is 43.2 Å². The maximum Gasteiger partial charge on any atom is 0.193 e. The van der Waals surface area contributed by atoms with Crippen LogP contribution in [0.3, 0.4) is 0 Å². The van der Waals surface area contributed by atoms with E-state index >= 15 is 0 Å².